The maximum Gasteiger partial charge on any atom is 0.285 e. The van der Waals surface area contributed by atoms with Gasteiger partial charge in [0.2, 0.25) is 0 Å². The van der Waals surface area contributed by atoms with Gasteiger partial charge in [-0.05, 0) is 25.3 Å². The minimum absolute atomic E-state index is 0.0288. The number of aromatic nitrogens is 2. The summed E-state index contributed by atoms with van der Waals surface area (Å²) in [4.78, 5) is 11.6. The quantitative estimate of drug-likeness (QED) is 0.802. The zero-order valence-corrected chi connectivity index (χ0v) is 14.4. The monoisotopic (exact) mass is 335 g/mol. The van der Waals surface area contributed by atoms with Crippen LogP contribution in [-0.4, -0.2) is 16.8 Å². The van der Waals surface area contributed by atoms with E-state index in [2.05, 4.69) is 29.4 Å². The Hall–Kier alpha value is -2.01. The van der Waals surface area contributed by atoms with Crippen molar-refractivity contribution in [1.29, 1.82) is 0 Å². The number of nitrogens with one attached hydrogen (secondary N) is 2. The third-order valence-corrected chi connectivity index (χ3v) is 3.80. The summed E-state index contributed by atoms with van der Waals surface area (Å²) in [5.41, 5.74) is 1.16. The smallest absolute Gasteiger partial charge is 0.285 e. The summed E-state index contributed by atoms with van der Waals surface area (Å²) in [6.07, 6.45) is 2.40. The van der Waals surface area contributed by atoms with Gasteiger partial charge in [-0.2, -0.15) is 5.10 Å². The predicted molar refractivity (Wildman–Crippen MR) is 93.3 cm³/mol. The molecule has 0 bridgehead atoms. The molecular formula is C17H22ClN3O2. The van der Waals surface area contributed by atoms with Gasteiger partial charge in [0.25, 0.3) is 5.56 Å². The normalized spacial score (nSPS) is 12.2. The van der Waals surface area contributed by atoms with Crippen molar-refractivity contribution < 1.29 is 4.74 Å². The zero-order valence-electron chi connectivity index (χ0n) is 13.6. The first kappa shape index (κ1) is 17.3. The van der Waals surface area contributed by atoms with Crippen LogP contribution in [0.25, 0.3) is 0 Å². The number of H-pyrrole nitrogens is 1. The molecule has 1 atom stereocenters. The van der Waals surface area contributed by atoms with Crippen LogP contribution in [0.5, 0.6) is 5.75 Å². The number of hydrogen-bond acceptors (Lipinski definition) is 4. The lowest BCUT2D eigenvalue weighted by Gasteiger charge is -2.24. The van der Waals surface area contributed by atoms with E-state index in [-0.39, 0.29) is 11.1 Å². The number of benzene rings is 1. The Balaban J connectivity index is 2.38. The largest absolute Gasteiger partial charge is 0.494 e. The summed E-state index contributed by atoms with van der Waals surface area (Å²) in [5.74, 6) is 1.29. The lowest BCUT2D eigenvalue weighted by Crippen LogP contribution is -2.18. The van der Waals surface area contributed by atoms with Gasteiger partial charge in [-0.25, -0.2) is 5.10 Å². The average Bonchev–Trinajstić information content (AvgIpc) is 2.51. The molecule has 2 aromatic rings. The van der Waals surface area contributed by atoms with E-state index in [0.717, 1.165) is 17.7 Å². The molecule has 0 spiro atoms. The van der Waals surface area contributed by atoms with E-state index in [4.69, 9.17) is 16.3 Å². The van der Waals surface area contributed by atoms with Gasteiger partial charge >= 0.3 is 0 Å². The van der Waals surface area contributed by atoms with Gasteiger partial charge in [-0.15, -0.1) is 0 Å². The van der Waals surface area contributed by atoms with Gasteiger partial charge in [-0.1, -0.05) is 43.6 Å². The first-order valence-electron chi connectivity index (χ1n) is 7.74. The van der Waals surface area contributed by atoms with Crippen LogP contribution in [0.15, 0.2) is 35.3 Å². The van der Waals surface area contributed by atoms with Crippen molar-refractivity contribution in [2.24, 2.45) is 5.92 Å². The van der Waals surface area contributed by atoms with Crippen LogP contribution in [0.1, 0.15) is 38.8 Å². The van der Waals surface area contributed by atoms with Gasteiger partial charge in [0.15, 0.2) is 0 Å². The number of rotatable bonds is 7. The minimum atomic E-state index is -0.405. The van der Waals surface area contributed by atoms with Crippen molar-refractivity contribution in [2.45, 2.75) is 33.2 Å². The van der Waals surface area contributed by atoms with Crippen LogP contribution in [0.3, 0.4) is 0 Å². The fraction of sp³-hybridized carbons (Fsp3) is 0.412. The lowest BCUT2D eigenvalue weighted by molar-refractivity contribution is 0.333. The fourth-order valence-electron chi connectivity index (χ4n) is 2.46. The fourth-order valence-corrected chi connectivity index (χ4v) is 2.61. The Morgan fingerprint density at radius 3 is 2.78 bits per heavy atom. The molecule has 0 amide bonds. The van der Waals surface area contributed by atoms with E-state index in [1.807, 2.05) is 31.2 Å². The highest BCUT2D eigenvalue weighted by atomic mass is 35.5. The van der Waals surface area contributed by atoms with Crippen LogP contribution in [0, 0.1) is 5.92 Å². The molecule has 1 aromatic heterocycles. The number of ether oxygens (including phenoxy) is 1. The molecule has 0 aliphatic rings. The summed E-state index contributed by atoms with van der Waals surface area (Å²) < 4.78 is 5.73. The first-order valence-corrected chi connectivity index (χ1v) is 8.12. The molecule has 0 saturated heterocycles. The van der Waals surface area contributed by atoms with E-state index < -0.39 is 5.56 Å². The molecule has 0 saturated carbocycles. The topological polar surface area (TPSA) is 67.0 Å². The Kier molecular flexibility index (Phi) is 6.04. The van der Waals surface area contributed by atoms with Crippen LogP contribution in [-0.2, 0) is 0 Å². The van der Waals surface area contributed by atoms with Gasteiger partial charge in [0.1, 0.15) is 10.8 Å². The summed E-state index contributed by atoms with van der Waals surface area (Å²) in [7, 11) is 0. The summed E-state index contributed by atoms with van der Waals surface area (Å²) in [6.45, 7) is 6.85. The van der Waals surface area contributed by atoms with Crippen molar-refractivity contribution in [1.82, 2.24) is 10.2 Å². The van der Waals surface area contributed by atoms with E-state index in [1.54, 1.807) is 0 Å². The first-order chi connectivity index (χ1) is 11.0. The summed E-state index contributed by atoms with van der Waals surface area (Å²) >= 11 is 6.08. The SMILES string of the molecule is CCOc1ccccc1C(CC(C)C)Nc1cn[nH]c(=O)c1Cl. The zero-order chi connectivity index (χ0) is 16.8. The molecular weight excluding hydrogens is 314 g/mol. The number of anilines is 1. The highest BCUT2D eigenvalue weighted by Crippen LogP contribution is 2.33. The number of para-hydroxylation sites is 1. The van der Waals surface area contributed by atoms with Crippen molar-refractivity contribution in [3.05, 3.63) is 51.4 Å². The van der Waals surface area contributed by atoms with Gasteiger partial charge in [0.05, 0.1) is 24.5 Å². The van der Waals surface area contributed by atoms with E-state index in [1.165, 1.54) is 6.20 Å². The molecule has 0 radical (unpaired) electrons. The van der Waals surface area contributed by atoms with Crippen molar-refractivity contribution in [2.75, 3.05) is 11.9 Å². The third kappa shape index (κ3) is 4.48. The second kappa shape index (κ2) is 8.02. The molecule has 6 heteroatoms. The number of nitrogens with zero attached hydrogens (tertiary/aromatic N) is 1. The van der Waals surface area contributed by atoms with Crippen molar-refractivity contribution in [3.63, 3.8) is 0 Å². The third-order valence-electron chi connectivity index (χ3n) is 3.43. The highest BCUT2D eigenvalue weighted by molar-refractivity contribution is 6.32. The van der Waals surface area contributed by atoms with Crippen molar-refractivity contribution >= 4 is 17.3 Å². The molecule has 23 heavy (non-hydrogen) atoms. The van der Waals surface area contributed by atoms with Crippen LogP contribution >= 0.6 is 11.6 Å². The maximum atomic E-state index is 11.6. The van der Waals surface area contributed by atoms with Crippen LogP contribution in [0.4, 0.5) is 5.69 Å². The Morgan fingerprint density at radius 2 is 2.09 bits per heavy atom. The molecule has 2 rings (SSSR count). The molecule has 0 aliphatic heterocycles. The summed E-state index contributed by atoms with van der Waals surface area (Å²) in [6, 6.07) is 7.87. The van der Waals surface area contributed by atoms with Crippen molar-refractivity contribution in [3.8, 4) is 5.75 Å². The van der Waals surface area contributed by atoms with Gasteiger partial charge in [0, 0.05) is 5.56 Å². The Labute approximate surface area is 141 Å². The van der Waals surface area contributed by atoms with Crippen LogP contribution in [0.2, 0.25) is 5.02 Å². The molecule has 1 unspecified atom stereocenters. The Bertz CT molecular complexity index is 700. The molecule has 2 N–H and O–H groups in total. The minimum Gasteiger partial charge on any atom is -0.494 e. The van der Waals surface area contributed by atoms with Gasteiger partial charge in [-0.3, -0.25) is 4.79 Å². The van der Waals surface area contributed by atoms with Gasteiger partial charge < -0.3 is 10.1 Å². The number of aromatic amines is 1. The molecule has 1 aromatic carbocycles. The van der Waals surface area contributed by atoms with E-state index >= 15 is 0 Å². The second-order valence-corrected chi connectivity index (χ2v) is 6.10. The number of hydrogen-bond donors (Lipinski definition) is 2. The maximum absolute atomic E-state index is 11.6. The van der Waals surface area contributed by atoms with E-state index in [9.17, 15) is 4.79 Å². The predicted octanol–water partition coefficient (Wildman–Crippen LogP) is 4.02. The number of halogens is 1. The molecule has 0 fully saturated rings. The molecule has 124 valence electrons. The Morgan fingerprint density at radius 1 is 1.35 bits per heavy atom. The molecule has 1 heterocycles. The second-order valence-electron chi connectivity index (χ2n) is 5.72. The molecule has 5 nitrogen and oxygen atoms in total. The molecule has 0 aliphatic carbocycles. The standard InChI is InChI=1S/C17H22ClN3O2/c1-4-23-15-8-6-5-7-12(15)13(9-11(2)3)20-14-10-19-21-17(22)16(14)18/h5-8,10-11,13H,4,9H2,1-3H3,(H2,20,21,22). The summed E-state index contributed by atoms with van der Waals surface area (Å²) in [5, 5.41) is 9.59. The van der Waals surface area contributed by atoms with Crippen LogP contribution < -0.4 is 15.6 Å². The average molecular weight is 336 g/mol. The van der Waals surface area contributed by atoms with E-state index in [0.29, 0.717) is 18.2 Å². The highest BCUT2D eigenvalue weighted by Gasteiger charge is 2.19. The lowest BCUT2D eigenvalue weighted by atomic mass is 9.96.